The van der Waals surface area contributed by atoms with Gasteiger partial charge in [0.05, 0.1) is 29.8 Å². The zero-order chi connectivity index (χ0) is 17.1. The summed E-state index contributed by atoms with van der Waals surface area (Å²) < 4.78 is 9.79. The maximum atomic E-state index is 12.2. The maximum absolute atomic E-state index is 12.2. The van der Waals surface area contributed by atoms with E-state index in [1.165, 1.54) is 19.2 Å². The van der Waals surface area contributed by atoms with Crippen molar-refractivity contribution in [1.29, 1.82) is 0 Å². The first-order chi connectivity index (χ1) is 11.6. The number of aromatic nitrogens is 1. The largest absolute Gasteiger partial charge is 0.465 e. The van der Waals surface area contributed by atoms with Crippen molar-refractivity contribution in [3.8, 4) is 0 Å². The quantitative estimate of drug-likeness (QED) is 0.733. The Kier molecular flexibility index (Phi) is 4.48. The van der Waals surface area contributed by atoms with E-state index in [0.717, 1.165) is 5.39 Å². The molecular formula is C17H13ClN2O4. The summed E-state index contributed by atoms with van der Waals surface area (Å²) in [6, 6.07) is 11.8. The highest BCUT2D eigenvalue weighted by Crippen LogP contribution is 2.24. The number of carbonyl (C=O) groups is 2. The number of esters is 1. The van der Waals surface area contributed by atoms with Gasteiger partial charge in [-0.2, -0.15) is 0 Å². The molecule has 0 fully saturated rings. The molecule has 7 heteroatoms. The minimum Gasteiger partial charge on any atom is -0.465 e. The number of methoxy groups -OCH3 is 1. The normalized spacial score (nSPS) is 10.6. The van der Waals surface area contributed by atoms with Gasteiger partial charge in [-0.15, -0.1) is 0 Å². The molecule has 0 aliphatic heterocycles. The second-order valence-electron chi connectivity index (χ2n) is 5.04. The lowest BCUT2D eigenvalue weighted by Crippen LogP contribution is -2.15. The molecule has 3 aromatic rings. The number of hydrogen-bond acceptors (Lipinski definition) is 5. The molecule has 0 atom stereocenters. The lowest BCUT2D eigenvalue weighted by molar-refractivity contribution is -0.115. The fourth-order valence-electron chi connectivity index (χ4n) is 2.27. The van der Waals surface area contributed by atoms with E-state index in [1.807, 2.05) is 18.2 Å². The lowest BCUT2D eigenvalue weighted by atomic mass is 10.1. The van der Waals surface area contributed by atoms with Crippen LogP contribution in [0.2, 0.25) is 5.02 Å². The number of amides is 1. The number of ether oxygens (including phenoxy) is 1. The first-order valence-electron chi connectivity index (χ1n) is 7.09. The van der Waals surface area contributed by atoms with Crippen molar-refractivity contribution in [2.75, 3.05) is 12.4 Å². The van der Waals surface area contributed by atoms with Crippen LogP contribution in [0.5, 0.6) is 0 Å². The van der Waals surface area contributed by atoms with Crippen molar-refractivity contribution >= 4 is 40.1 Å². The van der Waals surface area contributed by atoms with Crippen LogP contribution in [-0.4, -0.2) is 24.1 Å². The predicted octanol–water partition coefficient (Wildman–Crippen LogP) is 3.45. The van der Waals surface area contributed by atoms with Crippen LogP contribution in [0, 0.1) is 0 Å². The van der Waals surface area contributed by atoms with Crippen molar-refractivity contribution in [3.05, 3.63) is 58.7 Å². The molecule has 0 aliphatic carbocycles. The Morgan fingerprint density at radius 3 is 2.79 bits per heavy atom. The van der Waals surface area contributed by atoms with Crippen LogP contribution in [-0.2, 0) is 16.0 Å². The third kappa shape index (κ3) is 3.23. The molecule has 0 bridgehead atoms. The SMILES string of the molecule is COC(=O)c1ccc(NC(=O)Cc2noc3ccccc23)c(Cl)c1. The van der Waals surface area contributed by atoms with Gasteiger partial charge in [0.2, 0.25) is 5.91 Å². The number of rotatable bonds is 4. The molecule has 1 heterocycles. The maximum Gasteiger partial charge on any atom is 0.337 e. The van der Waals surface area contributed by atoms with Gasteiger partial charge in [-0.3, -0.25) is 4.79 Å². The van der Waals surface area contributed by atoms with E-state index in [4.69, 9.17) is 16.1 Å². The average Bonchev–Trinajstić information content (AvgIpc) is 2.99. The number of benzene rings is 2. The third-order valence-corrected chi connectivity index (χ3v) is 3.76. The highest BCUT2D eigenvalue weighted by Gasteiger charge is 2.14. The number of para-hydroxylation sites is 1. The van der Waals surface area contributed by atoms with E-state index in [0.29, 0.717) is 22.5 Å². The number of anilines is 1. The van der Waals surface area contributed by atoms with Gasteiger partial charge in [-0.1, -0.05) is 28.9 Å². The Hall–Kier alpha value is -2.86. The molecule has 1 aromatic heterocycles. The van der Waals surface area contributed by atoms with E-state index in [2.05, 4.69) is 15.2 Å². The van der Waals surface area contributed by atoms with Gasteiger partial charge in [0.1, 0.15) is 5.69 Å². The van der Waals surface area contributed by atoms with E-state index in [9.17, 15) is 9.59 Å². The third-order valence-electron chi connectivity index (χ3n) is 3.44. The summed E-state index contributed by atoms with van der Waals surface area (Å²) in [6.45, 7) is 0. The Bertz CT molecular complexity index is 920. The summed E-state index contributed by atoms with van der Waals surface area (Å²) >= 11 is 6.09. The highest BCUT2D eigenvalue weighted by atomic mass is 35.5. The fraction of sp³-hybridized carbons (Fsp3) is 0.118. The molecule has 122 valence electrons. The number of hydrogen-bond donors (Lipinski definition) is 1. The smallest absolute Gasteiger partial charge is 0.337 e. The van der Waals surface area contributed by atoms with Gasteiger partial charge in [0.15, 0.2) is 5.58 Å². The molecule has 0 saturated carbocycles. The zero-order valence-electron chi connectivity index (χ0n) is 12.7. The van der Waals surface area contributed by atoms with Gasteiger partial charge < -0.3 is 14.6 Å². The van der Waals surface area contributed by atoms with Crippen molar-refractivity contribution in [2.45, 2.75) is 6.42 Å². The Labute approximate surface area is 142 Å². The summed E-state index contributed by atoms with van der Waals surface area (Å²) in [6.07, 6.45) is 0.0477. The molecule has 0 unspecified atom stereocenters. The van der Waals surface area contributed by atoms with Crippen molar-refractivity contribution < 1.29 is 18.8 Å². The molecular weight excluding hydrogens is 332 g/mol. The molecule has 1 N–H and O–H groups in total. The Balaban J connectivity index is 1.74. The summed E-state index contributed by atoms with van der Waals surface area (Å²) in [5.74, 6) is -0.786. The van der Waals surface area contributed by atoms with Crippen LogP contribution in [0.4, 0.5) is 5.69 Å². The molecule has 0 saturated heterocycles. The number of nitrogens with one attached hydrogen (secondary N) is 1. The molecule has 24 heavy (non-hydrogen) atoms. The summed E-state index contributed by atoms with van der Waals surface area (Å²) in [5.41, 5.74) is 1.89. The van der Waals surface area contributed by atoms with Crippen molar-refractivity contribution in [1.82, 2.24) is 5.16 Å². The molecule has 0 aliphatic rings. The fourth-order valence-corrected chi connectivity index (χ4v) is 2.50. The minimum absolute atomic E-state index is 0.0477. The van der Waals surface area contributed by atoms with Crippen molar-refractivity contribution in [3.63, 3.8) is 0 Å². The topological polar surface area (TPSA) is 81.4 Å². The summed E-state index contributed by atoms with van der Waals surface area (Å²) in [4.78, 5) is 23.7. The van der Waals surface area contributed by atoms with E-state index in [-0.39, 0.29) is 17.4 Å². The lowest BCUT2D eigenvalue weighted by Gasteiger charge is -2.08. The van der Waals surface area contributed by atoms with E-state index >= 15 is 0 Å². The van der Waals surface area contributed by atoms with Gasteiger partial charge in [0.25, 0.3) is 0 Å². The first-order valence-corrected chi connectivity index (χ1v) is 7.47. The standard InChI is InChI=1S/C17H13ClN2O4/c1-23-17(22)10-6-7-13(12(18)8-10)19-16(21)9-14-11-4-2-3-5-15(11)24-20-14/h2-8H,9H2,1H3,(H,19,21). The highest BCUT2D eigenvalue weighted by molar-refractivity contribution is 6.34. The van der Waals surface area contributed by atoms with Crippen LogP contribution in [0.3, 0.4) is 0 Å². The molecule has 2 aromatic carbocycles. The number of fused-ring (bicyclic) bond motifs is 1. The molecule has 0 spiro atoms. The molecule has 1 amide bonds. The molecule has 3 rings (SSSR count). The predicted molar refractivity (Wildman–Crippen MR) is 89.1 cm³/mol. The van der Waals surface area contributed by atoms with E-state index in [1.54, 1.807) is 12.1 Å². The van der Waals surface area contributed by atoms with Crippen LogP contribution in [0.1, 0.15) is 16.1 Å². The van der Waals surface area contributed by atoms with Crippen LogP contribution in [0.15, 0.2) is 47.0 Å². The Morgan fingerprint density at radius 2 is 2.04 bits per heavy atom. The first kappa shape index (κ1) is 16.0. The van der Waals surface area contributed by atoms with Crippen LogP contribution in [0.25, 0.3) is 11.0 Å². The monoisotopic (exact) mass is 344 g/mol. The Morgan fingerprint density at radius 1 is 1.25 bits per heavy atom. The summed E-state index contributed by atoms with van der Waals surface area (Å²) in [7, 11) is 1.29. The van der Waals surface area contributed by atoms with Crippen LogP contribution < -0.4 is 5.32 Å². The van der Waals surface area contributed by atoms with Crippen molar-refractivity contribution in [2.24, 2.45) is 0 Å². The zero-order valence-corrected chi connectivity index (χ0v) is 13.5. The minimum atomic E-state index is -0.496. The average molecular weight is 345 g/mol. The number of carbonyl (C=O) groups excluding carboxylic acids is 2. The van der Waals surface area contributed by atoms with Gasteiger partial charge in [-0.05, 0) is 30.3 Å². The van der Waals surface area contributed by atoms with Crippen LogP contribution >= 0.6 is 11.6 Å². The number of nitrogens with zero attached hydrogens (tertiary/aromatic N) is 1. The van der Waals surface area contributed by atoms with Gasteiger partial charge in [-0.25, -0.2) is 4.79 Å². The summed E-state index contributed by atoms with van der Waals surface area (Å²) in [5, 5.41) is 7.65. The van der Waals surface area contributed by atoms with Gasteiger partial charge in [0, 0.05) is 5.39 Å². The van der Waals surface area contributed by atoms with E-state index < -0.39 is 5.97 Å². The molecule has 0 radical (unpaired) electrons. The number of halogens is 1. The second kappa shape index (κ2) is 6.72. The second-order valence-corrected chi connectivity index (χ2v) is 5.44. The van der Waals surface area contributed by atoms with Gasteiger partial charge >= 0.3 is 5.97 Å². The molecule has 6 nitrogen and oxygen atoms in total.